The molecule has 0 radical (unpaired) electrons. The smallest absolute Gasteiger partial charge is 0.408 e. The number of aldehydes is 1. The van der Waals surface area contributed by atoms with Crippen molar-refractivity contribution in [3.05, 3.63) is 29.8 Å². The van der Waals surface area contributed by atoms with E-state index in [4.69, 9.17) is 14.2 Å². The van der Waals surface area contributed by atoms with Crippen molar-refractivity contribution in [1.82, 2.24) is 5.32 Å². The number of amides is 1. The van der Waals surface area contributed by atoms with Crippen LogP contribution in [0.1, 0.15) is 46.1 Å². The third-order valence-electron chi connectivity index (χ3n) is 4.28. The quantitative estimate of drug-likeness (QED) is 0.593. The van der Waals surface area contributed by atoms with E-state index >= 15 is 0 Å². The fourth-order valence-corrected chi connectivity index (χ4v) is 2.92. The average molecular weight is 363 g/mol. The van der Waals surface area contributed by atoms with E-state index in [0.717, 1.165) is 30.4 Å². The first-order valence-electron chi connectivity index (χ1n) is 9.08. The van der Waals surface area contributed by atoms with E-state index in [1.807, 2.05) is 24.3 Å². The Kier molecular flexibility index (Phi) is 6.64. The first-order chi connectivity index (χ1) is 12.3. The fourth-order valence-electron chi connectivity index (χ4n) is 2.92. The minimum Gasteiger partial charge on any atom is -0.494 e. The van der Waals surface area contributed by atoms with E-state index in [9.17, 15) is 9.59 Å². The molecule has 1 aliphatic rings. The van der Waals surface area contributed by atoms with Gasteiger partial charge in [-0.1, -0.05) is 25.5 Å². The minimum atomic E-state index is -0.938. The van der Waals surface area contributed by atoms with E-state index in [-0.39, 0.29) is 13.2 Å². The molecule has 2 rings (SSSR count). The number of nitrogens with one attached hydrogen (secondary N) is 1. The molecule has 0 saturated carbocycles. The lowest BCUT2D eigenvalue weighted by Gasteiger charge is -2.34. The van der Waals surface area contributed by atoms with E-state index in [1.165, 1.54) is 0 Å². The summed E-state index contributed by atoms with van der Waals surface area (Å²) in [5.74, 6) is 0.276. The topological polar surface area (TPSA) is 73.9 Å². The molecule has 1 fully saturated rings. The van der Waals surface area contributed by atoms with Crippen molar-refractivity contribution >= 4 is 12.4 Å². The molecular formula is C20H29NO5. The number of benzene rings is 1. The second kappa shape index (κ2) is 8.54. The zero-order chi connectivity index (χ0) is 19.2. The molecule has 26 heavy (non-hydrogen) atoms. The maximum absolute atomic E-state index is 12.4. The number of carbonyl (C=O) groups is 2. The molecule has 6 nitrogen and oxygen atoms in total. The van der Waals surface area contributed by atoms with E-state index < -0.39 is 23.2 Å². The fraction of sp³-hybridized carbons (Fsp3) is 0.600. The lowest BCUT2D eigenvalue weighted by atomic mass is 9.81. The number of hydrogen-bond acceptors (Lipinski definition) is 5. The molecule has 0 bridgehead atoms. The van der Waals surface area contributed by atoms with Gasteiger partial charge < -0.3 is 24.3 Å². The summed E-state index contributed by atoms with van der Waals surface area (Å²) >= 11 is 0. The van der Waals surface area contributed by atoms with Gasteiger partial charge in [0.1, 0.15) is 23.2 Å². The van der Waals surface area contributed by atoms with Gasteiger partial charge in [0.15, 0.2) is 0 Å². The molecule has 1 aliphatic heterocycles. The zero-order valence-corrected chi connectivity index (χ0v) is 16.0. The van der Waals surface area contributed by atoms with Gasteiger partial charge in [0, 0.05) is 0 Å². The maximum Gasteiger partial charge on any atom is 0.408 e. The van der Waals surface area contributed by atoms with Gasteiger partial charge in [0.25, 0.3) is 0 Å². The third-order valence-corrected chi connectivity index (χ3v) is 4.28. The molecular weight excluding hydrogens is 334 g/mol. The van der Waals surface area contributed by atoms with Gasteiger partial charge in [0.05, 0.1) is 25.7 Å². The zero-order valence-electron chi connectivity index (χ0n) is 16.0. The van der Waals surface area contributed by atoms with Crippen molar-refractivity contribution in [2.75, 3.05) is 19.8 Å². The molecule has 1 aromatic rings. The van der Waals surface area contributed by atoms with Crippen LogP contribution in [-0.2, 0) is 19.8 Å². The Labute approximate surface area is 155 Å². The molecule has 0 spiro atoms. The van der Waals surface area contributed by atoms with Gasteiger partial charge in [-0.25, -0.2) is 4.79 Å². The van der Waals surface area contributed by atoms with Crippen LogP contribution in [0.3, 0.4) is 0 Å². The van der Waals surface area contributed by atoms with Crippen molar-refractivity contribution in [3.8, 4) is 5.75 Å². The van der Waals surface area contributed by atoms with Crippen LogP contribution in [-0.4, -0.2) is 37.8 Å². The monoisotopic (exact) mass is 363 g/mol. The molecule has 0 aliphatic carbocycles. The molecule has 2 atom stereocenters. The highest BCUT2D eigenvalue weighted by molar-refractivity contribution is 5.71. The summed E-state index contributed by atoms with van der Waals surface area (Å²) in [7, 11) is 0. The Bertz CT molecular complexity index is 608. The number of unbranched alkanes of at least 4 members (excludes halogenated alkanes) is 1. The van der Waals surface area contributed by atoms with Gasteiger partial charge in [-0.2, -0.15) is 0 Å². The molecule has 1 aromatic carbocycles. The molecule has 1 N–H and O–H groups in total. The van der Waals surface area contributed by atoms with Gasteiger partial charge >= 0.3 is 6.09 Å². The van der Waals surface area contributed by atoms with Crippen molar-refractivity contribution in [3.63, 3.8) is 0 Å². The van der Waals surface area contributed by atoms with Crippen LogP contribution in [0, 0.1) is 5.92 Å². The molecule has 1 saturated heterocycles. The molecule has 0 aromatic heterocycles. The van der Waals surface area contributed by atoms with Crippen molar-refractivity contribution in [2.24, 2.45) is 5.92 Å². The highest BCUT2D eigenvalue weighted by Crippen LogP contribution is 2.36. The standard InChI is InChI=1S/C20H29NO5/c1-5-6-11-25-17-9-7-15(8-10-17)20(14-24-13-16(20)12-22)21-18(23)26-19(2,3)4/h7-10,12,16H,5-6,11,13-14H2,1-4H3,(H,21,23)/t16?,20-/m1/s1. The van der Waals surface area contributed by atoms with Gasteiger partial charge in [-0.05, 0) is 44.9 Å². The lowest BCUT2D eigenvalue weighted by Crippen LogP contribution is -2.52. The third kappa shape index (κ3) is 4.97. The summed E-state index contributed by atoms with van der Waals surface area (Å²) in [4.78, 5) is 24.0. The second-order valence-corrected chi connectivity index (χ2v) is 7.58. The molecule has 1 heterocycles. The van der Waals surface area contributed by atoms with Crippen molar-refractivity contribution < 1.29 is 23.8 Å². The summed E-state index contributed by atoms with van der Waals surface area (Å²) in [5, 5.41) is 2.88. The number of rotatable bonds is 7. The second-order valence-electron chi connectivity index (χ2n) is 7.58. The number of hydrogen-bond donors (Lipinski definition) is 1. The highest BCUT2D eigenvalue weighted by atomic mass is 16.6. The van der Waals surface area contributed by atoms with E-state index in [0.29, 0.717) is 6.61 Å². The van der Waals surface area contributed by atoms with Gasteiger partial charge in [-0.15, -0.1) is 0 Å². The van der Waals surface area contributed by atoms with Gasteiger partial charge in [0.2, 0.25) is 0 Å². The van der Waals surface area contributed by atoms with E-state index in [1.54, 1.807) is 20.8 Å². The Morgan fingerprint density at radius 1 is 1.35 bits per heavy atom. The predicted molar refractivity (Wildman–Crippen MR) is 98.3 cm³/mol. The lowest BCUT2D eigenvalue weighted by molar-refractivity contribution is -0.112. The Balaban J connectivity index is 2.22. The predicted octanol–water partition coefficient (Wildman–Crippen LogP) is 3.43. The SMILES string of the molecule is CCCCOc1ccc([C@]2(NC(=O)OC(C)(C)C)COCC2C=O)cc1. The number of alkyl carbamates (subject to hydrolysis) is 1. The Hall–Kier alpha value is -2.08. The Morgan fingerprint density at radius 3 is 2.62 bits per heavy atom. The van der Waals surface area contributed by atoms with Crippen LogP contribution < -0.4 is 10.1 Å². The number of carbonyl (C=O) groups excluding carboxylic acids is 2. The van der Waals surface area contributed by atoms with Crippen LogP contribution in [0.2, 0.25) is 0 Å². The summed E-state index contributed by atoms with van der Waals surface area (Å²) in [5.41, 5.74) is -0.773. The van der Waals surface area contributed by atoms with Gasteiger partial charge in [-0.3, -0.25) is 0 Å². The summed E-state index contributed by atoms with van der Waals surface area (Å²) in [6, 6.07) is 7.43. The first kappa shape index (κ1) is 20.2. The van der Waals surface area contributed by atoms with Crippen LogP contribution in [0.25, 0.3) is 0 Å². The number of ether oxygens (including phenoxy) is 3. The molecule has 1 unspecified atom stereocenters. The first-order valence-corrected chi connectivity index (χ1v) is 9.08. The van der Waals surface area contributed by atoms with Crippen LogP contribution in [0.5, 0.6) is 5.75 Å². The minimum absolute atomic E-state index is 0.214. The summed E-state index contributed by atoms with van der Waals surface area (Å²) in [6.07, 6.45) is 2.32. The largest absolute Gasteiger partial charge is 0.494 e. The normalized spacial score (nSPS) is 22.7. The van der Waals surface area contributed by atoms with Crippen LogP contribution in [0.4, 0.5) is 4.79 Å². The maximum atomic E-state index is 12.4. The van der Waals surface area contributed by atoms with Crippen LogP contribution >= 0.6 is 0 Å². The van der Waals surface area contributed by atoms with Crippen molar-refractivity contribution in [1.29, 1.82) is 0 Å². The Morgan fingerprint density at radius 2 is 2.04 bits per heavy atom. The van der Waals surface area contributed by atoms with Crippen molar-refractivity contribution in [2.45, 2.75) is 51.7 Å². The molecule has 6 heteroatoms. The van der Waals surface area contributed by atoms with Crippen LogP contribution in [0.15, 0.2) is 24.3 Å². The molecule has 1 amide bonds. The van der Waals surface area contributed by atoms with E-state index in [2.05, 4.69) is 12.2 Å². The summed E-state index contributed by atoms with van der Waals surface area (Å²) < 4.78 is 16.6. The summed E-state index contributed by atoms with van der Waals surface area (Å²) in [6.45, 7) is 8.63. The highest BCUT2D eigenvalue weighted by Gasteiger charge is 2.47. The molecule has 144 valence electrons. The average Bonchev–Trinajstić information content (AvgIpc) is 2.97.